The van der Waals surface area contributed by atoms with Gasteiger partial charge in [0.15, 0.2) is 12.4 Å². The molecule has 2 aromatic carbocycles. The third-order valence-electron chi connectivity index (χ3n) is 4.76. The van der Waals surface area contributed by atoms with E-state index >= 15 is 0 Å². The highest BCUT2D eigenvalue weighted by Crippen LogP contribution is 2.31. The summed E-state index contributed by atoms with van der Waals surface area (Å²) in [6.07, 6.45) is -1.10. The van der Waals surface area contributed by atoms with Gasteiger partial charge in [-0.25, -0.2) is 9.97 Å². The van der Waals surface area contributed by atoms with Gasteiger partial charge in [0.2, 0.25) is 0 Å². The van der Waals surface area contributed by atoms with E-state index in [1.54, 1.807) is 24.3 Å². The minimum Gasteiger partial charge on any atom is -0.484 e. The molecule has 0 bridgehead atoms. The van der Waals surface area contributed by atoms with E-state index in [9.17, 15) is 18.3 Å². The van der Waals surface area contributed by atoms with Crippen molar-refractivity contribution in [2.75, 3.05) is 18.5 Å². The number of hydrogen-bond donors (Lipinski definition) is 2. The van der Waals surface area contributed by atoms with Crippen molar-refractivity contribution in [2.24, 2.45) is 0 Å². The number of alkyl halides is 3. The Morgan fingerprint density at radius 1 is 1.06 bits per heavy atom. The van der Waals surface area contributed by atoms with Crippen molar-refractivity contribution in [3.8, 4) is 17.2 Å². The molecule has 2 heterocycles. The van der Waals surface area contributed by atoms with E-state index in [0.717, 1.165) is 22.3 Å². The first-order valence-corrected chi connectivity index (χ1v) is 10.1. The highest BCUT2D eigenvalue weighted by Gasteiger charge is 2.28. The van der Waals surface area contributed by atoms with Gasteiger partial charge in [-0.05, 0) is 48.9 Å². The van der Waals surface area contributed by atoms with E-state index in [-0.39, 0.29) is 12.4 Å². The number of aromatic nitrogens is 3. The Balaban J connectivity index is 1.51. The number of anilines is 2. The van der Waals surface area contributed by atoms with Gasteiger partial charge in [0.25, 0.3) is 0 Å². The quantitative estimate of drug-likeness (QED) is 0.377. The molecule has 0 aliphatic rings. The molecule has 0 atom stereocenters. The number of benzene rings is 2. The number of rotatable bonds is 8. The van der Waals surface area contributed by atoms with E-state index in [1.807, 2.05) is 29.8 Å². The van der Waals surface area contributed by atoms with Crippen LogP contribution in [0.2, 0.25) is 0 Å². The summed E-state index contributed by atoms with van der Waals surface area (Å²) in [5.74, 6) is 1.57. The highest BCUT2D eigenvalue weighted by atomic mass is 19.4. The van der Waals surface area contributed by atoms with Crippen molar-refractivity contribution in [1.82, 2.24) is 14.5 Å². The van der Waals surface area contributed by atoms with Crippen molar-refractivity contribution in [3.05, 3.63) is 66.6 Å². The Morgan fingerprint density at radius 3 is 2.64 bits per heavy atom. The number of ether oxygens (including phenoxy) is 2. The zero-order valence-corrected chi connectivity index (χ0v) is 17.6. The Bertz CT molecular complexity index is 1260. The summed E-state index contributed by atoms with van der Waals surface area (Å²) in [5, 5.41) is 12.6. The Hall–Kier alpha value is -3.79. The Labute approximate surface area is 187 Å². The molecule has 0 fully saturated rings. The minimum atomic E-state index is -4.41. The third-order valence-corrected chi connectivity index (χ3v) is 4.76. The minimum absolute atomic E-state index is 0.00823. The number of nitrogens with zero attached hydrogens (tertiary/aromatic N) is 3. The zero-order chi connectivity index (χ0) is 23.4. The highest BCUT2D eigenvalue weighted by molar-refractivity contribution is 5.88. The van der Waals surface area contributed by atoms with Crippen molar-refractivity contribution >= 4 is 22.5 Å². The lowest BCUT2D eigenvalue weighted by Gasteiger charge is -2.14. The maximum absolute atomic E-state index is 12.4. The second kappa shape index (κ2) is 9.37. The average molecular weight is 458 g/mol. The molecular formula is C23H21F3N4O3. The number of halogens is 3. The van der Waals surface area contributed by atoms with E-state index in [2.05, 4.69) is 15.3 Å². The van der Waals surface area contributed by atoms with Crippen LogP contribution in [0.5, 0.6) is 17.2 Å². The van der Waals surface area contributed by atoms with Gasteiger partial charge in [0.1, 0.15) is 29.1 Å². The van der Waals surface area contributed by atoms with Crippen LogP contribution in [-0.2, 0) is 6.54 Å². The Kier molecular flexibility index (Phi) is 6.36. The maximum atomic E-state index is 12.4. The SMILES string of the molecule is Cc1cc(Nc2ncnc3ccn(CCO)c23)ccc1Oc1cccc(OCC(F)(F)F)c1. The second-order valence-electron chi connectivity index (χ2n) is 7.27. The first kappa shape index (κ1) is 22.4. The number of aliphatic hydroxyl groups excluding tert-OH is 1. The number of fused-ring (bicyclic) bond motifs is 1. The van der Waals surface area contributed by atoms with Crippen molar-refractivity contribution in [2.45, 2.75) is 19.6 Å². The monoisotopic (exact) mass is 458 g/mol. The molecule has 2 aromatic heterocycles. The van der Waals surface area contributed by atoms with Crippen molar-refractivity contribution < 1.29 is 27.8 Å². The molecule has 7 nitrogen and oxygen atoms in total. The van der Waals surface area contributed by atoms with Gasteiger partial charge in [0.05, 0.1) is 12.1 Å². The van der Waals surface area contributed by atoms with E-state index in [4.69, 9.17) is 9.47 Å². The number of nitrogens with one attached hydrogen (secondary N) is 1. The van der Waals surface area contributed by atoms with Crippen LogP contribution in [0.1, 0.15) is 5.56 Å². The molecule has 0 aliphatic heterocycles. The first-order chi connectivity index (χ1) is 15.8. The largest absolute Gasteiger partial charge is 0.484 e. The molecule has 172 valence electrons. The van der Waals surface area contributed by atoms with Crippen molar-refractivity contribution in [3.63, 3.8) is 0 Å². The van der Waals surface area contributed by atoms with Crippen LogP contribution in [0, 0.1) is 6.92 Å². The maximum Gasteiger partial charge on any atom is 0.422 e. The predicted molar refractivity (Wildman–Crippen MR) is 117 cm³/mol. The lowest BCUT2D eigenvalue weighted by Crippen LogP contribution is -2.19. The summed E-state index contributed by atoms with van der Waals surface area (Å²) in [7, 11) is 0. The summed E-state index contributed by atoms with van der Waals surface area (Å²) in [6.45, 7) is 0.900. The second-order valence-corrected chi connectivity index (χ2v) is 7.27. The fourth-order valence-corrected chi connectivity index (χ4v) is 3.32. The number of hydrogen-bond acceptors (Lipinski definition) is 6. The Morgan fingerprint density at radius 2 is 1.88 bits per heavy atom. The number of aliphatic hydroxyl groups is 1. The van der Waals surface area contributed by atoms with Crippen LogP contribution in [0.15, 0.2) is 61.1 Å². The third kappa shape index (κ3) is 5.53. The standard InChI is InChI=1S/C23H21F3N4O3/c1-15-11-16(29-22-21-19(27-14-28-22)7-8-30(21)9-10-31)5-6-20(15)33-18-4-2-3-17(12-18)32-13-23(24,25)26/h2-8,11-12,14,31H,9-10,13H2,1H3,(H,27,28,29). The molecule has 4 aromatic rings. The van der Waals surface area contributed by atoms with E-state index in [0.29, 0.717) is 23.9 Å². The summed E-state index contributed by atoms with van der Waals surface area (Å²) in [5.41, 5.74) is 3.10. The van der Waals surface area contributed by atoms with Gasteiger partial charge in [-0.2, -0.15) is 13.2 Å². The number of aryl methyl sites for hydroxylation is 1. The summed E-state index contributed by atoms with van der Waals surface area (Å²) >= 11 is 0. The van der Waals surface area contributed by atoms with Crippen LogP contribution < -0.4 is 14.8 Å². The molecule has 0 radical (unpaired) electrons. The summed E-state index contributed by atoms with van der Waals surface area (Å²) < 4.78 is 49.6. The molecule has 0 amide bonds. The molecule has 4 rings (SSSR count). The smallest absolute Gasteiger partial charge is 0.422 e. The summed E-state index contributed by atoms with van der Waals surface area (Å²) in [4.78, 5) is 8.58. The molecule has 0 spiro atoms. The first-order valence-electron chi connectivity index (χ1n) is 10.1. The predicted octanol–water partition coefficient (Wildman–Crippen LogP) is 5.21. The van der Waals surface area contributed by atoms with Crippen LogP contribution in [-0.4, -0.2) is 39.0 Å². The van der Waals surface area contributed by atoms with Crippen LogP contribution in [0.3, 0.4) is 0 Å². The zero-order valence-electron chi connectivity index (χ0n) is 17.6. The van der Waals surface area contributed by atoms with Crippen LogP contribution in [0.4, 0.5) is 24.7 Å². The van der Waals surface area contributed by atoms with E-state index in [1.165, 1.54) is 18.5 Å². The van der Waals surface area contributed by atoms with Gasteiger partial charge < -0.3 is 24.5 Å². The molecule has 2 N–H and O–H groups in total. The molecule has 0 aliphatic carbocycles. The molecule has 0 saturated heterocycles. The normalized spacial score (nSPS) is 11.5. The van der Waals surface area contributed by atoms with Gasteiger partial charge in [-0.15, -0.1) is 0 Å². The molecule has 33 heavy (non-hydrogen) atoms. The molecule has 0 saturated carbocycles. The topological polar surface area (TPSA) is 81.4 Å². The molecule has 10 heteroatoms. The van der Waals surface area contributed by atoms with Gasteiger partial charge >= 0.3 is 6.18 Å². The fraction of sp³-hybridized carbons (Fsp3) is 0.217. The van der Waals surface area contributed by atoms with Crippen LogP contribution >= 0.6 is 0 Å². The molecular weight excluding hydrogens is 437 g/mol. The fourth-order valence-electron chi connectivity index (χ4n) is 3.32. The van der Waals surface area contributed by atoms with Gasteiger partial charge in [0, 0.05) is 24.5 Å². The van der Waals surface area contributed by atoms with Gasteiger partial charge in [-0.1, -0.05) is 6.07 Å². The average Bonchev–Trinajstić information content (AvgIpc) is 3.18. The van der Waals surface area contributed by atoms with Crippen molar-refractivity contribution in [1.29, 1.82) is 0 Å². The summed E-state index contributed by atoms with van der Waals surface area (Å²) in [6, 6.07) is 13.3. The molecule has 0 unspecified atom stereocenters. The van der Waals surface area contributed by atoms with Gasteiger partial charge in [-0.3, -0.25) is 0 Å². The van der Waals surface area contributed by atoms with E-state index < -0.39 is 12.8 Å². The van der Waals surface area contributed by atoms with Crippen LogP contribution in [0.25, 0.3) is 11.0 Å². The lowest BCUT2D eigenvalue weighted by molar-refractivity contribution is -0.153. The lowest BCUT2D eigenvalue weighted by atomic mass is 10.2.